The lowest BCUT2D eigenvalue weighted by Crippen LogP contribution is -2.28. The molecule has 8 nitrogen and oxygen atoms in total. The topological polar surface area (TPSA) is 105 Å². The Morgan fingerprint density at radius 1 is 1.41 bits per heavy atom. The van der Waals surface area contributed by atoms with Crippen molar-refractivity contribution in [1.29, 1.82) is 0 Å². The molecule has 0 bridgehead atoms. The number of nitrogens with one attached hydrogen (secondary N) is 1. The molecule has 1 unspecified atom stereocenters. The second kappa shape index (κ2) is 9.56. The molecule has 0 aromatic carbocycles. The number of halogens is 2. The van der Waals surface area contributed by atoms with Gasteiger partial charge in [0.05, 0.1) is 6.04 Å². The van der Waals surface area contributed by atoms with Crippen LogP contribution in [0.3, 0.4) is 0 Å². The van der Waals surface area contributed by atoms with Crippen molar-refractivity contribution in [2.45, 2.75) is 45.7 Å². The number of pyridine rings is 2. The van der Waals surface area contributed by atoms with E-state index >= 15 is 0 Å². The van der Waals surface area contributed by atoms with Crippen molar-refractivity contribution in [2.24, 2.45) is 0 Å². The fourth-order valence-corrected chi connectivity index (χ4v) is 3.46. The fraction of sp³-hybridized carbons (Fsp3) is 0.455. The summed E-state index contributed by atoms with van der Waals surface area (Å²) in [6.07, 6.45) is 3.34. The number of aryl methyl sites for hydroxylation is 1. The van der Waals surface area contributed by atoms with Gasteiger partial charge in [0, 0.05) is 55.7 Å². The number of rotatable bonds is 9. The van der Waals surface area contributed by atoms with Crippen LogP contribution in [0.2, 0.25) is 0 Å². The number of aliphatic hydroxyl groups excluding tert-OH is 1. The number of ether oxygens (including phenoxy) is 1. The van der Waals surface area contributed by atoms with E-state index in [4.69, 9.17) is 9.84 Å². The molecule has 2 amide bonds. The van der Waals surface area contributed by atoms with E-state index in [0.717, 1.165) is 6.92 Å². The Kier molecular flexibility index (Phi) is 7.02. The smallest absolute Gasteiger partial charge is 0.278 e. The number of hydrogen-bond acceptors (Lipinski definition) is 6. The molecule has 1 aliphatic heterocycles. The number of aromatic nitrogens is 2. The molecule has 0 spiro atoms. The van der Waals surface area contributed by atoms with Crippen LogP contribution in [0.1, 0.15) is 63.8 Å². The van der Waals surface area contributed by atoms with Crippen molar-refractivity contribution in [3.8, 4) is 5.88 Å². The molecule has 0 fully saturated rings. The second-order valence-corrected chi connectivity index (χ2v) is 7.88. The molecule has 172 valence electrons. The summed E-state index contributed by atoms with van der Waals surface area (Å²) < 4.78 is 31.2. The Hall–Kier alpha value is -3.14. The Bertz CT molecular complexity index is 1010. The quantitative estimate of drug-likeness (QED) is 0.572. The highest BCUT2D eigenvalue weighted by Crippen LogP contribution is 2.33. The average Bonchev–Trinajstić information content (AvgIpc) is 3.08. The molecule has 2 N–H and O–H groups in total. The van der Waals surface area contributed by atoms with Crippen molar-refractivity contribution in [2.75, 3.05) is 19.8 Å². The van der Waals surface area contributed by atoms with Gasteiger partial charge in [-0.05, 0) is 38.0 Å². The zero-order chi connectivity index (χ0) is 23.5. The van der Waals surface area contributed by atoms with Crippen molar-refractivity contribution in [3.63, 3.8) is 0 Å². The van der Waals surface area contributed by atoms with Crippen LogP contribution in [0.4, 0.5) is 8.78 Å². The maximum Gasteiger partial charge on any atom is 0.278 e. The SMILES string of the molecule is Cc1cc(C(C)N2Cc3c(ccnc3C(=O)NCCCO)C2=O)cnc1OCC(C)(F)F. The third kappa shape index (κ3) is 5.18. The molecule has 0 saturated heterocycles. The van der Waals surface area contributed by atoms with E-state index in [1.807, 2.05) is 6.92 Å². The van der Waals surface area contributed by atoms with Gasteiger partial charge in [-0.1, -0.05) is 0 Å². The monoisotopic (exact) mass is 448 g/mol. The number of amides is 2. The number of carbonyl (C=O) groups is 2. The fourth-order valence-electron chi connectivity index (χ4n) is 3.46. The van der Waals surface area contributed by atoms with Crippen LogP contribution in [0.25, 0.3) is 0 Å². The van der Waals surface area contributed by atoms with E-state index in [9.17, 15) is 18.4 Å². The van der Waals surface area contributed by atoms with Gasteiger partial charge < -0.3 is 20.1 Å². The van der Waals surface area contributed by atoms with Gasteiger partial charge >= 0.3 is 0 Å². The largest absolute Gasteiger partial charge is 0.471 e. The Morgan fingerprint density at radius 2 is 2.16 bits per heavy atom. The highest BCUT2D eigenvalue weighted by molar-refractivity contribution is 6.03. The summed E-state index contributed by atoms with van der Waals surface area (Å²) in [5.41, 5.74) is 2.42. The summed E-state index contributed by atoms with van der Waals surface area (Å²) in [6.45, 7) is 3.99. The zero-order valence-electron chi connectivity index (χ0n) is 18.2. The predicted octanol–water partition coefficient (Wildman–Crippen LogP) is 2.65. The molecule has 0 radical (unpaired) electrons. The van der Waals surface area contributed by atoms with Crippen LogP contribution >= 0.6 is 0 Å². The third-order valence-electron chi connectivity index (χ3n) is 5.17. The standard InChI is InChI=1S/C22H26F2N4O4/c1-13-9-15(10-27-20(13)32-12-22(3,23)24)14(2)28-11-17-16(21(28)31)5-7-25-18(17)19(30)26-6-4-8-29/h5,7,9-10,14,29H,4,6,8,11-12H2,1-3H3,(H,26,30). The van der Waals surface area contributed by atoms with Crippen molar-refractivity contribution in [1.82, 2.24) is 20.2 Å². The summed E-state index contributed by atoms with van der Waals surface area (Å²) in [6, 6.07) is 2.95. The van der Waals surface area contributed by atoms with Gasteiger partial charge in [-0.15, -0.1) is 0 Å². The number of nitrogens with zero attached hydrogens (tertiary/aromatic N) is 3. The van der Waals surface area contributed by atoms with Crippen LogP contribution in [0.15, 0.2) is 24.5 Å². The second-order valence-electron chi connectivity index (χ2n) is 7.88. The molecule has 3 rings (SSSR count). The Balaban J connectivity index is 1.77. The molecular formula is C22H26F2N4O4. The van der Waals surface area contributed by atoms with Crippen molar-refractivity contribution < 1.29 is 28.2 Å². The molecule has 3 heterocycles. The van der Waals surface area contributed by atoms with Crippen molar-refractivity contribution >= 4 is 11.8 Å². The molecule has 1 atom stereocenters. The number of fused-ring (bicyclic) bond motifs is 1. The lowest BCUT2D eigenvalue weighted by Gasteiger charge is -2.25. The molecule has 1 aliphatic rings. The third-order valence-corrected chi connectivity index (χ3v) is 5.17. The molecule has 2 aromatic heterocycles. The molecule has 0 aliphatic carbocycles. The molecular weight excluding hydrogens is 422 g/mol. The molecule has 10 heteroatoms. The van der Waals surface area contributed by atoms with Gasteiger partial charge in [0.1, 0.15) is 5.69 Å². The Morgan fingerprint density at radius 3 is 2.81 bits per heavy atom. The normalized spacial score (nSPS) is 14.3. The minimum Gasteiger partial charge on any atom is -0.471 e. The highest BCUT2D eigenvalue weighted by Gasteiger charge is 2.35. The number of hydrogen-bond donors (Lipinski definition) is 2. The van der Waals surface area contributed by atoms with E-state index in [1.165, 1.54) is 12.4 Å². The average molecular weight is 448 g/mol. The van der Waals surface area contributed by atoms with Gasteiger partial charge in [0.2, 0.25) is 5.88 Å². The minimum atomic E-state index is -2.97. The Labute approximate surface area is 184 Å². The first kappa shape index (κ1) is 23.5. The van der Waals surface area contributed by atoms with Gasteiger partial charge in [0.25, 0.3) is 17.7 Å². The van der Waals surface area contributed by atoms with Crippen LogP contribution in [0, 0.1) is 6.92 Å². The first-order chi connectivity index (χ1) is 15.1. The minimum absolute atomic E-state index is 0.0391. The first-order valence-electron chi connectivity index (χ1n) is 10.3. The van der Waals surface area contributed by atoms with Crippen LogP contribution < -0.4 is 10.1 Å². The number of carbonyl (C=O) groups excluding carboxylic acids is 2. The molecule has 32 heavy (non-hydrogen) atoms. The summed E-state index contributed by atoms with van der Waals surface area (Å²) in [4.78, 5) is 35.4. The highest BCUT2D eigenvalue weighted by atomic mass is 19.3. The van der Waals surface area contributed by atoms with E-state index < -0.39 is 18.4 Å². The molecule has 0 saturated carbocycles. The van der Waals surface area contributed by atoms with E-state index in [2.05, 4.69) is 15.3 Å². The van der Waals surface area contributed by atoms with Crippen LogP contribution in [-0.4, -0.2) is 57.5 Å². The van der Waals surface area contributed by atoms with Gasteiger partial charge in [-0.2, -0.15) is 0 Å². The maximum absolute atomic E-state index is 13.1. The maximum atomic E-state index is 13.1. The summed E-state index contributed by atoms with van der Waals surface area (Å²) in [5.74, 6) is -3.49. The first-order valence-corrected chi connectivity index (χ1v) is 10.3. The zero-order valence-corrected chi connectivity index (χ0v) is 18.2. The van der Waals surface area contributed by atoms with Crippen LogP contribution in [-0.2, 0) is 6.54 Å². The van der Waals surface area contributed by atoms with Gasteiger partial charge in [0.15, 0.2) is 6.61 Å². The summed E-state index contributed by atoms with van der Waals surface area (Å²) >= 11 is 0. The van der Waals surface area contributed by atoms with Crippen molar-refractivity contribution in [3.05, 3.63) is 52.5 Å². The lowest BCUT2D eigenvalue weighted by molar-refractivity contribution is -0.0244. The van der Waals surface area contributed by atoms with E-state index in [0.29, 0.717) is 35.2 Å². The van der Waals surface area contributed by atoms with Crippen LogP contribution in [0.5, 0.6) is 5.88 Å². The van der Waals surface area contributed by atoms with E-state index in [-0.39, 0.29) is 36.7 Å². The van der Waals surface area contributed by atoms with Gasteiger partial charge in [-0.25, -0.2) is 13.8 Å². The number of aliphatic hydroxyl groups is 1. The van der Waals surface area contributed by atoms with E-state index in [1.54, 1.807) is 24.0 Å². The predicted molar refractivity (Wildman–Crippen MR) is 112 cm³/mol. The van der Waals surface area contributed by atoms with Gasteiger partial charge in [-0.3, -0.25) is 14.6 Å². The summed E-state index contributed by atoms with van der Waals surface area (Å²) in [5, 5.41) is 11.6. The number of alkyl halides is 2. The summed E-state index contributed by atoms with van der Waals surface area (Å²) in [7, 11) is 0. The lowest BCUT2D eigenvalue weighted by atomic mass is 10.1. The molecule has 2 aromatic rings.